The highest BCUT2D eigenvalue weighted by molar-refractivity contribution is 6.03. The van der Waals surface area contributed by atoms with Crippen molar-refractivity contribution < 1.29 is 19.1 Å². The highest BCUT2D eigenvalue weighted by Gasteiger charge is 2.17. The minimum absolute atomic E-state index is 0.191. The highest BCUT2D eigenvalue weighted by Crippen LogP contribution is 2.29. The summed E-state index contributed by atoms with van der Waals surface area (Å²) in [5.41, 5.74) is 2.99. The van der Waals surface area contributed by atoms with E-state index in [0.29, 0.717) is 29.1 Å². The lowest BCUT2D eigenvalue weighted by Crippen LogP contribution is -1.98. The molecular weight excluding hydrogens is 280 g/mol. The molecule has 0 unspecified atom stereocenters. The first-order valence-electron chi connectivity index (χ1n) is 6.99. The van der Waals surface area contributed by atoms with E-state index in [9.17, 15) is 9.90 Å². The summed E-state index contributed by atoms with van der Waals surface area (Å²) in [6, 6.07) is 13.3. The van der Waals surface area contributed by atoms with Crippen LogP contribution >= 0.6 is 0 Å². The second-order valence-corrected chi connectivity index (χ2v) is 5.27. The number of rotatable bonds is 4. The Morgan fingerprint density at radius 3 is 2.73 bits per heavy atom. The van der Waals surface area contributed by atoms with Gasteiger partial charge in [-0.3, -0.25) is 0 Å². The maximum Gasteiger partial charge on any atom is 0.339 e. The van der Waals surface area contributed by atoms with Gasteiger partial charge in [0.1, 0.15) is 29.3 Å². The third-order valence-corrected chi connectivity index (χ3v) is 3.54. The van der Waals surface area contributed by atoms with Crippen molar-refractivity contribution in [2.24, 2.45) is 0 Å². The summed E-state index contributed by atoms with van der Waals surface area (Å²) in [5, 5.41) is 9.84. The largest absolute Gasteiger partial charge is 0.489 e. The zero-order chi connectivity index (χ0) is 15.7. The van der Waals surface area contributed by atoms with Gasteiger partial charge in [0.05, 0.1) is 0 Å². The summed E-state index contributed by atoms with van der Waals surface area (Å²) < 4.78 is 11.2. The Balaban J connectivity index is 1.88. The van der Waals surface area contributed by atoms with Crippen molar-refractivity contribution in [3.63, 3.8) is 0 Å². The fourth-order valence-corrected chi connectivity index (χ4v) is 2.52. The quantitative estimate of drug-likeness (QED) is 0.778. The van der Waals surface area contributed by atoms with Crippen LogP contribution in [0.1, 0.15) is 27.2 Å². The molecule has 22 heavy (non-hydrogen) atoms. The molecule has 4 heteroatoms. The third kappa shape index (κ3) is 2.68. The lowest BCUT2D eigenvalue weighted by molar-refractivity contribution is 0.0697. The van der Waals surface area contributed by atoms with E-state index in [2.05, 4.69) is 6.07 Å². The summed E-state index contributed by atoms with van der Waals surface area (Å²) in [6.07, 6.45) is 0. The Morgan fingerprint density at radius 1 is 1.18 bits per heavy atom. The molecule has 0 radical (unpaired) electrons. The van der Waals surface area contributed by atoms with Gasteiger partial charge in [-0.15, -0.1) is 0 Å². The summed E-state index contributed by atoms with van der Waals surface area (Å²) >= 11 is 0. The van der Waals surface area contributed by atoms with E-state index in [0.717, 1.165) is 5.56 Å². The van der Waals surface area contributed by atoms with Crippen LogP contribution in [0, 0.1) is 13.8 Å². The Kier molecular flexibility index (Phi) is 3.59. The molecule has 1 aromatic heterocycles. The number of benzene rings is 2. The minimum Gasteiger partial charge on any atom is -0.489 e. The van der Waals surface area contributed by atoms with E-state index in [1.807, 2.05) is 25.1 Å². The molecule has 3 rings (SSSR count). The van der Waals surface area contributed by atoms with Crippen LogP contribution in [-0.4, -0.2) is 11.1 Å². The smallest absolute Gasteiger partial charge is 0.339 e. The summed E-state index contributed by atoms with van der Waals surface area (Å²) in [7, 11) is 0. The standard InChI is InChI=1S/C18H16O4/c1-11-4-3-5-13(8-11)10-21-14-6-7-16-15(9-14)17(18(19)20)12(2)22-16/h3-9H,10H2,1-2H3,(H,19,20). The summed E-state index contributed by atoms with van der Waals surface area (Å²) in [4.78, 5) is 11.3. The SMILES string of the molecule is Cc1cccc(COc2ccc3oc(C)c(C(=O)O)c3c2)c1. The number of carboxylic acid groups (broad SMARTS) is 1. The molecule has 4 nitrogen and oxygen atoms in total. The van der Waals surface area contributed by atoms with E-state index in [4.69, 9.17) is 9.15 Å². The second kappa shape index (κ2) is 5.56. The number of ether oxygens (including phenoxy) is 1. The molecule has 112 valence electrons. The molecule has 0 bridgehead atoms. The molecular formula is C18H16O4. The molecule has 0 aliphatic rings. The van der Waals surface area contributed by atoms with Crippen LogP contribution in [0.25, 0.3) is 11.0 Å². The maximum atomic E-state index is 11.3. The topological polar surface area (TPSA) is 59.7 Å². The molecule has 0 saturated carbocycles. The zero-order valence-corrected chi connectivity index (χ0v) is 12.4. The predicted molar refractivity (Wildman–Crippen MR) is 83.4 cm³/mol. The first-order chi connectivity index (χ1) is 10.5. The minimum atomic E-state index is -0.993. The lowest BCUT2D eigenvalue weighted by atomic mass is 10.1. The Bertz CT molecular complexity index is 845. The van der Waals surface area contributed by atoms with Crippen LogP contribution in [-0.2, 0) is 6.61 Å². The van der Waals surface area contributed by atoms with Crippen LogP contribution in [0.5, 0.6) is 5.75 Å². The van der Waals surface area contributed by atoms with E-state index in [1.165, 1.54) is 5.56 Å². The van der Waals surface area contributed by atoms with Crippen molar-refractivity contribution in [1.29, 1.82) is 0 Å². The Labute approximate surface area is 127 Å². The van der Waals surface area contributed by atoms with Crippen molar-refractivity contribution in [2.45, 2.75) is 20.5 Å². The average molecular weight is 296 g/mol. The van der Waals surface area contributed by atoms with Gasteiger partial charge in [-0.05, 0) is 37.6 Å². The van der Waals surface area contributed by atoms with Crippen LogP contribution in [0.2, 0.25) is 0 Å². The molecule has 1 N–H and O–H groups in total. The van der Waals surface area contributed by atoms with E-state index in [-0.39, 0.29) is 5.56 Å². The number of aryl methyl sites for hydroxylation is 2. The number of fused-ring (bicyclic) bond motifs is 1. The molecule has 0 fully saturated rings. The van der Waals surface area contributed by atoms with Crippen LogP contribution in [0.15, 0.2) is 46.9 Å². The van der Waals surface area contributed by atoms with Gasteiger partial charge in [-0.25, -0.2) is 4.79 Å². The molecule has 3 aromatic rings. The Morgan fingerprint density at radius 2 is 2.00 bits per heavy atom. The number of aromatic carboxylic acids is 1. The van der Waals surface area contributed by atoms with Crippen LogP contribution in [0.3, 0.4) is 0 Å². The maximum absolute atomic E-state index is 11.3. The number of carbonyl (C=O) groups is 1. The van der Waals surface area contributed by atoms with Gasteiger partial charge in [0.25, 0.3) is 0 Å². The molecule has 2 aromatic carbocycles. The molecule has 0 aliphatic heterocycles. The lowest BCUT2D eigenvalue weighted by Gasteiger charge is -2.07. The second-order valence-electron chi connectivity index (χ2n) is 5.27. The normalized spacial score (nSPS) is 10.8. The van der Waals surface area contributed by atoms with Crippen LogP contribution < -0.4 is 4.74 Å². The van der Waals surface area contributed by atoms with Crippen molar-refractivity contribution in [2.75, 3.05) is 0 Å². The van der Waals surface area contributed by atoms with Gasteiger partial charge in [-0.1, -0.05) is 29.8 Å². The molecule has 0 aliphatic carbocycles. The zero-order valence-electron chi connectivity index (χ0n) is 12.4. The van der Waals surface area contributed by atoms with E-state index < -0.39 is 5.97 Å². The molecule has 1 heterocycles. The van der Waals surface area contributed by atoms with E-state index in [1.54, 1.807) is 25.1 Å². The summed E-state index contributed by atoms with van der Waals surface area (Å²) in [6.45, 7) is 4.12. The van der Waals surface area contributed by atoms with E-state index >= 15 is 0 Å². The molecule has 0 atom stereocenters. The molecule has 0 saturated heterocycles. The number of hydrogen-bond acceptors (Lipinski definition) is 3. The number of furan rings is 1. The number of hydrogen-bond donors (Lipinski definition) is 1. The fourth-order valence-electron chi connectivity index (χ4n) is 2.52. The van der Waals surface area contributed by atoms with Gasteiger partial charge in [0.2, 0.25) is 0 Å². The van der Waals surface area contributed by atoms with Gasteiger partial charge < -0.3 is 14.3 Å². The first-order valence-corrected chi connectivity index (χ1v) is 6.99. The van der Waals surface area contributed by atoms with Gasteiger partial charge in [0, 0.05) is 5.39 Å². The number of carboxylic acids is 1. The average Bonchev–Trinajstić information content (AvgIpc) is 2.80. The van der Waals surface area contributed by atoms with Crippen LogP contribution in [0.4, 0.5) is 0 Å². The monoisotopic (exact) mass is 296 g/mol. The van der Waals surface area contributed by atoms with Crippen molar-refractivity contribution in [3.8, 4) is 5.75 Å². The Hall–Kier alpha value is -2.75. The van der Waals surface area contributed by atoms with Crippen molar-refractivity contribution in [1.82, 2.24) is 0 Å². The fraction of sp³-hybridized carbons (Fsp3) is 0.167. The van der Waals surface area contributed by atoms with Crippen molar-refractivity contribution in [3.05, 3.63) is 64.9 Å². The first kappa shape index (κ1) is 14.2. The molecule has 0 spiro atoms. The highest BCUT2D eigenvalue weighted by atomic mass is 16.5. The summed E-state index contributed by atoms with van der Waals surface area (Å²) in [5.74, 6) is 0.0303. The molecule has 0 amide bonds. The predicted octanol–water partition coefficient (Wildman–Crippen LogP) is 4.33. The van der Waals surface area contributed by atoms with Gasteiger partial charge in [-0.2, -0.15) is 0 Å². The third-order valence-electron chi connectivity index (χ3n) is 3.54. The van der Waals surface area contributed by atoms with Gasteiger partial charge in [0.15, 0.2) is 0 Å². The van der Waals surface area contributed by atoms with Gasteiger partial charge >= 0.3 is 5.97 Å². The van der Waals surface area contributed by atoms with Crippen molar-refractivity contribution >= 4 is 16.9 Å².